The topological polar surface area (TPSA) is 105 Å². The van der Waals surface area contributed by atoms with E-state index in [1.807, 2.05) is 0 Å². The van der Waals surface area contributed by atoms with Crippen LogP contribution in [-0.2, 0) is 0 Å². The lowest BCUT2D eigenvalue weighted by Crippen LogP contribution is -2.17. The summed E-state index contributed by atoms with van der Waals surface area (Å²) in [4.78, 5) is 21.7. The molecule has 0 bridgehead atoms. The van der Waals surface area contributed by atoms with Crippen LogP contribution in [0.25, 0.3) is 16.8 Å². The summed E-state index contributed by atoms with van der Waals surface area (Å²) in [6.07, 6.45) is -3.81. The Balaban J connectivity index is 1.72. The average Bonchev–Trinajstić information content (AvgIpc) is 3.17. The summed E-state index contributed by atoms with van der Waals surface area (Å²) in [6, 6.07) is 7.17. The molecule has 0 saturated heterocycles. The van der Waals surface area contributed by atoms with E-state index in [9.17, 15) is 22.4 Å². The highest BCUT2D eigenvalue weighted by Gasteiger charge is 2.31. The van der Waals surface area contributed by atoms with Crippen LogP contribution in [0.3, 0.4) is 0 Å². The van der Waals surface area contributed by atoms with Gasteiger partial charge in [0.2, 0.25) is 11.8 Å². The van der Waals surface area contributed by atoms with E-state index >= 15 is 0 Å². The molecule has 0 aliphatic carbocycles. The summed E-state index contributed by atoms with van der Waals surface area (Å²) in [5, 5.41) is 3.99. The lowest BCUT2D eigenvalue weighted by molar-refractivity contribution is -0.274. The summed E-state index contributed by atoms with van der Waals surface area (Å²) < 4.78 is 85.1. The van der Waals surface area contributed by atoms with Crippen LogP contribution >= 0.6 is 0 Å². The van der Waals surface area contributed by atoms with E-state index in [4.69, 9.17) is 14.6 Å². The van der Waals surface area contributed by atoms with Crippen molar-refractivity contribution in [3.05, 3.63) is 65.2 Å². The number of Topliss-reactive ketones (excluding diaryl/α,β-unsaturated/α-hetero) is 1. The zero-order valence-corrected chi connectivity index (χ0v) is 18.9. The number of methoxy groups -OCH3 is 1. The third-order valence-electron chi connectivity index (χ3n) is 5.46. The second kappa shape index (κ2) is 9.44. The van der Waals surface area contributed by atoms with Gasteiger partial charge in [0.1, 0.15) is 11.6 Å². The molecule has 1 atom stereocenters. The second-order valence-electron chi connectivity index (χ2n) is 8.02. The van der Waals surface area contributed by atoms with Crippen molar-refractivity contribution in [1.29, 1.82) is 0 Å². The van der Waals surface area contributed by atoms with Gasteiger partial charge < -0.3 is 15.2 Å². The van der Waals surface area contributed by atoms with E-state index in [0.717, 1.165) is 18.2 Å². The Morgan fingerprint density at radius 1 is 1.22 bits per heavy atom. The summed E-state index contributed by atoms with van der Waals surface area (Å²) in [7, 11) is -2.94. The summed E-state index contributed by atoms with van der Waals surface area (Å²) in [5.41, 5.74) is 6.98. The van der Waals surface area contributed by atoms with Gasteiger partial charge in [-0.1, -0.05) is 6.92 Å². The third kappa shape index (κ3) is 5.21. The maximum Gasteiger partial charge on any atom is 0.573 e. The average molecular weight is 506 g/mol. The molecule has 0 spiro atoms. The molecule has 0 fully saturated rings. The summed E-state index contributed by atoms with van der Waals surface area (Å²) in [6.45, 7) is 3.02. The van der Waals surface area contributed by atoms with Gasteiger partial charge in [-0.25, -0.2) is 13.9 Å². The number of aryl methyl sites for hydroxylation is 1. The van der Waals surface area contributed by atoms with Crippen molar-refractivity contribution >= 4 is 17.4 Å². The van der Waals surface area contributed by atoms with E-state index in [2.05, 4.69) is 19.8 Å². The molecule has 3 heterocycles. The monoisotopic (exact) mass is 506 g/mol. The fourth-order valence-electron chi connectivity index (χ4n) is 3.81. The van der Waals surface area contributed by atoms with E-state index in [1.165, 1.54) is 17.5 Å². The molecule has 12 heteroatoms. The highest BCUT2D eigenvalue weighted by molar-refractivity contribution is 6.00. The number of carbonyl (C=O) groups is 1. The smallest absolute Gasteiger partial charge is 0.480 e. The van der Waals surface area contributed by atoms with Gasteiger partial charge in [-0.05, 0) is 60.4 Å². The van der Waals surface area contributed by atoms with Crippen LogP contribution in [0.2, 0.25) is 0 Å². The number of halogens is 4. The Labute approximate surface area is 206 Å². The van der Waals surface area contributed by atoms with Crippen LogP contribution in [0.4, 0.5) is 23.5 Å². The van der Waals surface area contributed by atoms with Crippen molar-refractivity contribution in [3.63, 3.8) is 0 Å². The number of pyridine rings is 2. The molecule has 0 saturated carbocycles. The molecule has 0 amide bonds. The van der Waals surface area contributed by atoms with Crippen LogP contribution < -0.4 is 15.2 Å². The van der Waals surface area contributed by atoms with Crippen molar-refractivity contribution in [3.8, 4) is 22.8 Å². The van der Waals surface area contributed by atoms with Gasteiger partial charge >= 0.3 is 6.36 Å². The van der Waals surface area contributed by atoms with E-state index < -0.39 is 49.0 Å². The molecule has 3 aromatic heterocycles. The zero-order chi connectivity index (χ0) is 28.7. The van der Waals surface area contributed by atoms with Gasteiger partial charge in [0.25, 0.3) is 0 Å². The number of aromatic nitrogens is 4. The Morgan fingerprint density at radius 2 is 2.00 bits per heavy atom. The second-order valence-corrected chi connectivity index (χ2v) is 8.02. The normalized spacial score (nSPS) is 14.1. The van der Waals surface area contributed by atoms with Crippen molar-refractivity contribution in [1.82, 2.24) is 19.6 Å². The minimum Gasteiger partial charge on any atom is -0.480 e. The quantitative estimate of drug-likeness (QED) is 0.275. The van der Waals surface area contributed by atoms with Gasteiger partial charge in [0, 0.05) is 23.9 Å². The molecule has 1 aromatic carbocycles. The number of ether oxygens (including phenoxy) is 2. The number of carbonyl (C=O) groups excluding carboxylic acids is 1. The Kier molecular flexibility index (Phi) is 5.53. The maximum absolute atomic E-state index is 14.5. The number of alkyl halides is 3. The standard InChI is InChI=1S/C24H21F4N5O3/c1-12(16-10-15(4-5-19(16)25)36-24(26,27)28)8-20(34)18-11-17(13(2)30-22(18)35-3)14-6-7-33-21(9-14)31-23(29)32-33/h4-7,9-12H,8H2,1-3H3,(H2,29,32)/i3D3. The Hall–Kier alpha value is -4.22. The SMILES string of the molecule is [2H]C([2H])([2H])Oc1nc(C)c(-c2ccn3nc(N)nc3c2)cc1C(=O)CC(C)c1cc(OC(F)(F)F)ccc1F. The zero-order valence-electron chi connectivity index (χ0n) is 21.9. The molecular weight excluding hydrogens is 482 g/mol. The molecule has 1 unspecified atom stereocenters. The highest BCUT2D eigenvalue weighted by atomic mass is 19.4. The van der Waals surface area contributed by atoms with Crippen molar-refractivity contribution in [2.24, 2.45) is 0 Å². The fourth-order valence-corrected chi connectivity index (χ4v) is 3.81. The molecule has 0 aliphatic rings. The van der Waals surface area contributed by atoms with E-state index in [-0.39, 0.29) is 17.1 Å². The van der Waals surface area contributed by atoms with Crippen LogP contribution in [0, 0.1) is 12.7 Å². The van der Waals surface area contributed by atoms with Crippen LogP contribution in [0.5, 0.6) is 11.6 Å². The number of hydrogen-bond donors (Lipinski definition) is 1. The Bertz CT molecular complexity index is 1560. The number of hydrogen-bond acceptors (Lipinski definition) is 7. The summed E-state index contributed by atoms with van der Waals surface area (Å²) in [5.74, 6) is -3.50. The van der Waals surface area contributed by atoms with E-state index in [1.54, 1.807) is 25.3 Å². The molecule has 4 rings (SSSR count). The van der Waals surface area contributed by atoms with Gasteiger partial charge in [-0.2, -0.15) is 4.98 Å². The first-order valence-corrected chi connectivity index (χ1v) is 10.5. The molecule has 188 valence electrons. The number of anilines is 1. The van der Waals surface area contributed by atoms with Gasteiger partial charge in [-0.15, -0.1) is 18.3 Å². The maximum atomic E-state index is 14.5. The molecule has 4 aromatic rings. The van der Waals surface area contributed by atoms with Crippen molar-refractivity contribution in [2.75, 3.05) is 12.8 Å². The van der Waals surface area contributed by atoms with Crippen LogP contribution in [0.1, 0.15) is 45.0 Å². The number of benzene rings is 1. The first-order valence-electron chi connectivity index (χ1n) is 12.0. The molecular formula is C24H21F4N5O3. The van der Waals surface area contributed by atoms with Crippen LogP contribution in [0.15, 0.2) is 42.6 Å². The van der Waals surface area contributed by atoms with Crippen LogP contribution in [-0.4, -0.2) is 38.8 Å². The minimum atomic E-state index is -4.99. The van der Waals surface area contributed by atoms with E-state index in [0.29, 0.717) is 22.5 Å². The van der Waals surface area contributed by atoms with Crippen molar-refractivity contribution < 1.29 is 35.9 Å². The number of rotatable bonds is 7. The first-order chi connectivity index (χ1) is 18.1. The number of nitrogens with zero attached hydrogens (tertiary/aromatic N) is 4. The lowest BCUT2D eigenvalue weighted by atomic mass is 9.92. The number of nitrogen functional groups attached to an aromatic ring is 1. The predicted molar refractivity (Wildman–Crippen MR) is 122 cm³/mol. The molecule has 2 N–H and O–H groups in total. The summed E-state index contributed by atoms with van der Waals surface area (Å²) >= 11 is 0. The fraction of sp³-hybridized carbons (Fsp3) is 0.250. The molecule has 8 nitrogen and oxygen atoms in total. The predicted octanol–water partition coefficient (Wildman–Crippen LogP) is 5.10. The minimum absolute atomic E-state index is 0.0465. The van der Waals surface area contributed by atoms with Gasteiger partial charge in [-0.3, -0.25) is 4.79 Å². The van der Waals surface area contributed by atoms with Gasteiger partial charge in [0.15, 0.2) is 11.4 Å². The van der Waals surface area contributed by atoms with Crippen molar-refractivity contribution in [2.45, 2.75) is 32.5 Å². The highest BCUT2D eigenvalue weighted by Crippen LogP contribution is 2.33. The number of ketones is 1. The third-order valence-corrected chi connectivity index (χ3v) is 5.46. The lowest BCUT2D eigenvalue weighted by Gasteiger charge is -2.17. The molecule has 36 heavy (non-hydrogen) atoms. The number of nitrogens with two attached hydrogens (primary N) is 1. The van der Waals surface area contributed by atoms with Gasteiger partial charge in [0.05, 0.1) is 16.7 Å². The Morgan fingerprint density at radius 3 is 2.72 bits per heavy atom. The first kappa shape index (κ1) is 21.1. The number of fused-ring (bicyclic) bond motifs is 1. The molecule has 0 radical (unpaired) electrons. The largest absolute Gasteiger partial charge is 0.573 e. The molecule has 0 aliphatic heterocycles.